The molecular weight excluding hydrogens is 473 g/mol. The standard InChI is InChI=1S/C27H24FN7O2/c1-2-17(14-29)27(36)34-12-6-7-18(34)15-35-26-23(25(30)31-16-32-26)24(33-35)21-11-10-20(13-22(21)28)37-19-8-4-3-5-9-19/h2-5,8-11,13,16,18H,6-7,12,15H2,1H3,(H2,30,31,32)/b17-2+/t18-/m1/s1. The average molecular weight is 498 g/mol. The number of para-hydroxylation sites is 1. The first kappa shape index (κ1) is 23.9. The van der Waals surface area contributed by atoms with Gasteiger partial charge in [0.25, 0.3) is 5.91 Å². The predicted octanol–water partition coefficient (Wildman–Crippen LogP) is 4.47. The maximum Gasteiger partial charge on any atom is 0.264 e. The van der Waals surface area contributed by atoms with Crippen molar-refractivity contribution in [3.05, 3.63) is 72.3 Å². The molecule has 1 fully saturated rings. The van der Waals surface area contributed by atoms with Gasteiger partial charge in [-0.15, -0.1) is 0 Å². The molecular formula is C27H24FN7O2. The smallest absolute Gasteiger partial charge is 0.264 e. The van der Waals surface area contributed by atoms with Gasteiger partial charge in [-0.2, -0.15) is 10.4 Å². The Morgan fingerprint density at radius 3 is 2.78 bits per heavy atom. The summed E-state index contributed by atoms with van der Waals surface area (Å²) in [5, 5.41) is 14.4. The molecule has 0 unspecified atom stereocenters. The van der Waals surface area contributed by atoms with Crippen LogP contribution in [-0.2, 0) is 11.3 Å². The summed E-state index contributed by atoms with van der Waals surface area (Å²) in [5.41, 5.74) is 7.26. The van der Waals surface area contributed by atoms with Crippen LogP contribution in [0.5, 0.6) is 11.5 Å². The third-order valence-electron chi connectivity index (χ3n) is 6.39. The van der Waals surface area contributed by atoms with Gasteiger partial charge in [0.15, 0.2) is 5.65 Å². The first-order chi connectivity index (χ1) is 18.0. The number of hydrogen-bond donors (Lipinski definition) is 1. The van der Waals surface area contributed by atoms with E-state index in [1.165, 1.54) is 18.5 Å². The number of carbonyl (C=O) groups is 1. The number of carbonyl (C=O) groups excluding carboxylic acids is 1. The molecule has 3 heterocycles. The molecule has 1 aliphatic heterocycles. The second-order valence-electron chi connectivity index (χ2n) is 8.65. The average Bonchev–Trinajstić information content (AvgIpc) is 3.51. The number of likely N-dealkylation sites (tertiary alicyclic amines) is 1. The summed E-state index contributed by atoms with van der Waals surface area (Å²) in [6.45, 7) is 2.53. The maximum absolute atomic E-state index is 15.3. The Morgan fingerprint density at radius 2 is 2.05 bits per heavy atom. The van der Waals surface area contributed by atoms with E-state index in [1.54, 1.807) is 40.8 Å². The van der Waals surface area contributed by atoms with Crippen molar-refractivity contribution in [2.24, 2.45) is 0 Å². The minimum atomic E-state index is -0.535. The Kier molecular flexibility index (Phi) is 6.51. The minimum absolute atomic E-state index is 0.101. The number of halogens is 1. The van der Waals surface area contributed by atoms with Gasteiger partial charge >= 0.3 is 0 Å². The number of nitriles is 1. The van der Waals surface area contributed by atoms with E-state index in [2.05, 4.69) is 15.1 Å². The fourth-order valence-corrected chi connectivity index (χ4v) is 4.61. The Hall–Kier alpha value is -4.78. The molecule has 1 amide bonds. The summed E-state index contributed by atoms with van der Waals surface area (Å²) in [5.74, 6) is 0.272. The van der Waals surface area contributed by atoms with E-state index in [-0.39, 0.29) is 28.9 Å². The summed E-state index contributed by atoms with van der Waals surface area (Å²) in [6, 6.07) is 15.4. The summed E-state index contributed by atoms with van der Waals surface area (Å²) < 4.78 is 22.7. The number of aromatic nitrogens is 4. The monoisotopic (exact) mass is 497 g/mol. The highest BCUT2D eigenvalue weighted by Crippen LogP contribution is 2.34. The number of allylic oxidation sites excluding steroid dienone is 1. The van der Waals surface area contributed by atoms with Gasteiger partial charge in [0.05, 0.1) is 18.0 Å². The quantitative estimate of drug-likeness (QED) is 0.308. The Morgan fingerprint density at radius 1 is 1.24 bits per heavy atom. The molecule has 1 saturated heterocycles. The van der Waals surface area contributed by atoms with E-state index in [0.29, 0.717) is 41.3 Å². The molecule has 9 nitrogen and oxygen atoms in total. The number of hydrogen-bond acceptors (Lipinski definition) is 7. The summed E-state index contributed by atoms with van der Waals surface area (Å²) in [7, 11) is 0. The Labute approximate surface area is 212 Å². The molecule has 37 heavy (non-hydrogen) atoms. The molecule has 1 atom stereocenters. The lowest BCUT2D eigenvalue weighted by atomic mass is 10.1. The number of nitrogens with zero attached hydrogens (tertiary/aromatic N) is 6. The minimum Gasteiger partial charge on any atom is -0.457 e. The lowest BCUT2D eigenvalue weighted by molar-refractivity contribution is -0.127. The maximum atomic E-state index is 15.3. The molecule has 2 aromatic carbocycles. The van der Waals surface area contributed by atoms with Crippen molar-refractivity contribution in [2.45, 2.75) is 32.4 Å². The summed E-state index contributed by atoms with van der Waals surface area (Å²) >= 11 is 0. The van der Waals surface area contributed by atoms with Crippen molar-refractivity contribution in [1.82, 2.24) is 24.6 Å². The molecule has 0 aliphatic carbocycles. The van der Waals surface area contributed by atoms with Crippen molar-refractivity contribution >= 4 is 22.8 Å². The number of nitrogens with two attached hydrogens (primary N) is 1. The van der Waals surface area contributed by atoms with Gasteiger partial charge < -0.3 is 15.4 Å². The molecule has 186 valence electrons. The lowest BCUT2D eigenvalue weighted by Crippen LogP contribution is -2.39. The van der Waals surface area contributed by atoms with Crippen molar-refractivity contribution in [3.63, 3.8) is 0 Å². The number of amides is 1. The van der Waals surface area contributed by atoms with Crippen LogP contribution in [-0.4, -0.2) is 43.1 Å². The van der Waals surface area contributed by atoms with Gasteiger partial charge in [-0.3, -0.25) is 4.79 Å². The zero-order chi connectivity index (χ0) is 25.9. The van der Waals surface area contributed by atoms with E-state index in [1.807, 2.05) is 24.3 Å². The molecule has 4 aromatic rings. The first-order valence-corrected chi connectivity index (χ1v) is 11.9. The van der Waals surface area contributed by atoms with Crippen LogP contribution in [0.1, 0.15) is 19.8 Å². The van der Waals surface area contributed by atoms with E-state index < -0.39 is 5.82 Å². The van der Waals surface area contributed by atoms with E-state index >= 15 is 4.39 Å². The first-order valence-electron chi connectivity index (χ1n) is 11.9. The third-order valence-corrected chi connectivity index (χ3v) is 6.39. The van der Waals surface area contributed by atoms with Crippen molar-refractivity contribution in [1.29, 1.82) is 5.26 Å². The highest BCUT2D eigenvalue weighted by molar-refractivity contribution is 5.99. The second-order valence-corrected chi connectivity index (χ2v) is 8.65. The van der Waals surface area contributed by atoms with Gasteiger partial charge in [-0.1, -0.05) is 24.3 Å². The molecule has 0 saturated carbocycles. The molecule has 5 rings (SSSR count). The van der Waals surface area contributed by atoms with Crippen LogP contribution < -0.4 is 10.5 Å². The highest BCUT2D eigenvalue weighted by Gasteiger charge is 2.32. The van der Waals surface area contributed by atoms with Crippen LogP contribution in [0.3, 0.4) is 0 Å². The van der Waals surface area contributed by atoms with Crippen molar-refractivity contribution in [2.75, 3.05) is 12.3 Å². The molecule has 2 aromatic heterocycles. The zero-order valence-corrected chi connectivity index (χ0v) is 20.1. The predicted molar refractivity (Wildman–Crippen MR) is 136 cm³/mol. The lowest BCUT2D eigenvalue weighted by Gasteiger charge is -2.24. The van der Waals surface area contributed by atoms with Crippen LogP contribution in [0, 0.1) is 17.1 Å². The zero-order valence-electron chi connectivity index (χ0n) is 20.1. The number of benzene rings is 2. The van der Waals surface area contributed by atoms with E-state index in [0.717, 1.165) is 12.8 Å². The second kappa shape index (κ2) is 10.1. The van der Waals surface area contributed by atoms with E-state index in [9.17, 15) is 10.1 Å². The summed E-state index contributed by atoms with van der Waals surface area (Å²) in [4.78, 5) is 23.0. The molecule has 0 bridgehead atoms. The molecule has 0 radical (unpaired) electrons. The highest BCUT2D eigenvalue weighted by atomic mass is 19.1. The SMILES string of the molecule is C/C=C(\C#N)C(=O)N1CCC[C@@H]1Cn1nc(-c2ccc(Oc3ccccc3)cc2F)c2c(N)ncnc21. The third kappa shape index (κ3) is 4.59. The van der Waals surface area contributed by atoms with Crippen LogP contribution in [0.25, 0.3) is 22.3 Å². The van der Waals surface area contributed by atoms with Crippen LogP contribution in [0.4, 0.5) is 10.2 Å². The number of fused-ring (bicyclic) bond motifs is 1. The molecule has 2 N–H and O–H groups in total. The van der Waals surface area contributed by atoms with Crippen molar-refractivity contribution in [3.8, 4) is 28.8 Å². The Balaban J connectivity index is 1.50. The topological polar surface area (TPSA) is 123 Å². The molecule has 10 heteroatoms. The molecule has 0 spiro atoms. The van der Waals surface area contributed by atoms with Gasteiger partial charge in [0.2, 0.25) is 0 Å². The van der Waals surface area contributed by atoms with E-state index in [4.69, 9.17) is 10.5 Å². The van der Waals surface area contributed by atoms with Gasteiger partial charge in [-0.05, 0) is 44.0 Å². The van der Waals surface area contributed by atoms with Gasteiger partial charge in [-0.25, -0.2) is 19.0 Å². The Bertz CT molecular complexity index is 1540. The fourth-order valence-electron chi connectivity index (χ4n) is 4.61. The number of rotatable bonds is 6. The normalized spacial score (nSPS) is 15.6. The largest absolute Gasteiger partial charge is 0.457 e. The fraction of sp³-hybridized carbons (Fsp3) is 0.222. The van der Waals surface area contributed by atoms with Gasteiger partial charge in [0, 0.05) is 18.2 Å². The van der Waals surface area contributed by atoms with Crippen molar-refractivity contribution < 1.29 is 13.9 Å². The number of anilines is 1. The number of ether oxygens (including phenoxy) is 1. The van der Waals surface area contributed by atoms with Crippen LogP contribution in [0.2, 0.25) is 0 Å². The summed E-state index contributed by atoms with van der Waals surface area (Å²) in [6.07, 6.45) is 4.39. The van der Waals surface area contributed by atoms with Gasteiger partial charge in [0.1, 0.15) is 46.8 Å². The van der Waals surface area contributed by atoms with Crippen LogP contribution >= 0.6 is 0 Å². The molecule has 1 aliphatic rings. The number of nitrogen functional groups attached to an aromatic ring is 1. The van der Waals surface area contributed by atoms with Crippen LogP contribution in [0.15, 0.2) is 66.5 Å².